The molecule has 14 heteroatoms. The number of benzene rings is 3. The lowest BCUT2D eigenvalue weighted by Crippen LogP contribution is -2.50. The van der Waals surface area contributed by atoms with E-state index >= 15 is 0 Å². The molecule has 0 fully saturated rings. The van der Waals surface area contributed by atoms with Crippen molar-refractivity contribution in [2.45, 2.75) is 30.7 Å². The fourth-order valence-electron chi connectivity index (χ4n) is 4.23. The molecule has 1 aliphatic heterocycles. The highest BCUT2D eigenvalue weighted by Gasteiger charge is 2.33. The summed E-state index contributed by atoms with van der Waals surface area (Å²) >= 11 is 5.94. The van der Waals surface area contributed by atoms with Crippen molar-refractivity contribution < 1.29 is 21.2 Å². The summed E-state index contributed by atoms with van der Waals surface area (Å²) in [6, 6.07) is 20.2. The van der Waals surface area contributed by atoms with E-state index in [4.69, 9.17) is 21.8 Å². The number of hydrazone groups is 1. The molecule has 0 aromatic heterocycles. The van der Waals surface area contributed by atoms with Crippen LogP contribution >= 0.6 is 11.6 Å². The van der Waals surface area contributed by atoms with Crippen LogP contribution in [0.1, 0.15) is 30.9 Å². The Labute approximate surface area is 244 Å². The van der Waals surface area contributed by atoms with Gasteiger partial charge in [-0.25, -0.2) is 14.5 Å². The van der Waals surface area contributed by atoms with Crippen LogP contribution in [0.5, 0.6) is 0 Å². The first kappa shape index (κ1) is 30.6. The zero-order valence-electron chi connectivity index (χ0n) is 22.3. The van der Waals surface area contributed by atoms with E-state index in [-0.39, 0.29) is 35.8 Å². The zero-order valence-corrected chi connectivity index (χ0v) is 24.7. The normalized spacial score (nSPS) is 17.0. The molecular formula is C27H30ClFN6O4S2. The Bertz CT molecular complexity index is 1630. The Morgan fingerprint density at radius 3 is 2.27 bits per heavy atom. The number of rotatable bonds is 9. The maximum absolute atomic E-state index is 13.7. The van der Waals surface area contributed by atoms with Crippen LogP contribution in [0, 0.1) is 11.7 Å². The van der Waals surface area contributed by atoms with Crippen LogP contribution in [-0.2, 0) is 20.2 Å². The van der Waals surface area contributed by atoms with Gasteiger partial charge in [-0.2, -0.15) is 26.7 Å². The molecule has 0 aliphatic carbocycles. The Hall–Kier alpha value is -3.36. The lowest BCUT2D eigenvalue weighted by atomic mass is 9.91. The van der Waals surface area contributed by atoms with Gasteiger partial charge in [0.1, 0.15) is 5.82 Å². The van der Waals surface area contributed by atoms with Crippen molar-refractivity contribution in [3.63, 3.8) is 0 Å². The minimum Gasteiger partial charge on any atom is -0.352 e. The highest BCUT2D eigenvalue weighted by atomic mass is 35.5. The molecule has 0 radical (unpaired) electrons. The Morgan fingerprint density at radius 2 is 1.68 bits per heavy atom. The van der Waals surface area contributed by atoms with E-state index in [1.54, 1.807) is 26.0 Å². The molecule has 3 aromatic rings. The van der Waals surface area contributed by atoms with Gasteiger partial charge in [-0.3, -0.25) is 0 Å². The van der Waals surface area contributed by atoms with Crippen LogP contribution in [0.3, 0.4) is 0 Å². The molecule has 10 nitrogen and oxygen atoms in total. The van der Waals surface area contributed by atoms with Crippen LogP contribution in [0.25, 0.3) is 0 Å². The predicted octanol–water partition coefficient (Wildman–Crippen LogP) is 3.43. The molecule has 0 bridgehead atoms. The largest absolute Gasteiger partial charge is 0.352 e. The Morgan fingerprint density at radius 1 is 1.05 bits per heavy atom. The lowest BCUT2D eigenvalue weighted by molar-refractivity contribution is 0.417. The standard InChI is InChI=1S/C27H30ClFN6O4S2/c1-18(2)25(33-41(30,38)39)16-31-27(34-40(36,37)23-14-10-21(28)11-15-23)35-17-24(19-6-4-3-5-7-19)26(32-35)20-8-12-22(29)13-9-20/h3-15,18,24-25,33H,16-17H2,1-2H3,(H,31,34)(H2,30,38,39)/t24-,25-/m1/s1. The van der Waals surface area contributed by atoms with E-state index in [0.29, 0.717) is 16.3 Å². The zero-order chi connectivity index (χ0) is 29.8. The minimum atomic E-state index is -4.24. The van der Waals surface area contributed by atoms with E-state index in [9.17, 15) is 21.2 Å². The molecular weight excluding hydrogens is 591 g/mol. The lowest BCUT2D eigenvalue weighted by Gasteiger charge is -2.25. The van der Waals surface area contributed by atoms with Gasteiger partial charge in [-0.05, 0) is 53.4 Å². The smallest absolute Gasteiger partial charge is 0.285 e. The van der Waals surface area contributed by atoms with Crippen molar-refractivity contribution in [1.82, 2.24) is 15.0 Å². The first-order valence-corrected chi connectivity index (χ1v) is 16.0. The minimum absolute atomic E-state index is 0.0447. The molecule has 0 amide bonds. The average Bonchev–Trinajstić information content (AvgIpc) is 3.36. The van der Waals surface area contributed by atoms with E-state index in [2.05, 4.69) is 14.4 Å². The number of halogens is 2. The van der Waals surface area contributed by atoms with Crippen molar-refractivity contribution in [2.24, 2.45) is 20.6 Å². The summed E-state index contributed by atoms with van der Waals surface area (Å²) in [5.41, 5.74) is 2.14. The third kappa shape index (κ3) is 8.11. The van der Waals surface area contributed by atoms with Gasteiger partial charge in [0, 0.05) is 23.5 Å². The number of nitrogens with zero attached hydrogens (tertiary/aromatic N) is 3. The summed E-state index contributed by atoms with van der Waals surface area (Å²) in [7, 11) is -8.29. The number of sulfonamides is 1. The summed E-state index contributed by atoms with van der Waals surface area (Å²) in [4.78, 5) is -0.0918. The number of nitrogens with two attached hydrogens (primary N) is 1. The second-order valence-corrected chi connectivity index (χ2v) is 13.1. The van der Waals surface area contributed by atoms with Crippen molar-refractivity contribution in [2.75, 3.05) is 13.1 Å². The van der Waals surface area contributed by atoms with Crippen molar-refractivity contribution in [1.29, 1.82) is 0 Å². The maximum Gasteiger partial charge on any atom is 0.285 e. The second kappa shape index (κ2) is 12.7. The third-order valence-corrected chi connectivity index (χ3v) is 8.58. The first-order valence-electron chi connectivity index (χ1n) is 12.6. The van der Waals surface area contributed by atoms with Gasteiger partial charge in [-0.15, -0.1) is 4.40 Å². The SMILES string of the molecule is CC(C)[C@@H](CN/C(=N\S(=O)(=O)c1ccc(Cl)cc1)N1C[C@H](c2ccccc2)C(c2ccc(F)cc2)=N1)NS(N)(=O)=O. The molecule has 3 aromatic carbocycles. The molecule has 0 saturated heterocycles. The molecule has 41 heavy (non-hydrogen) atoms. The summed E-state index contributed by atoms with van der Waals surface area (Å²) in [6.45, 7) is 3.74. The molecule has 4 N–H and O–H groups in total. The van der Waals surface area contributed by atoms with Crippen LogP contribution in [0.15, 0.2) is 93.3 Å². The van der Waals surface area contributed by atoms with E-state index in [0.717, 1.165) is 5.56 Å². The Balaban J connectivity index is 1.77. The molecule has 2 atom stereocenters. The van der Waals surface area contributed by atoms with Gasteiger partial charge >= 0.3 is 0 Å². The number of nitrogens with one attached hydrogen (secondary N) is 2. The maximum atomic E-state index is 13.7. The molecule has 1 heterocycles. The topological polar surface area (TPSA) is 146 Å². The first-order chi connectivity index (χ1) is 19.3. The predicted molar refractivity (Wildman–Crippen MR) is 158 cm³/mol. The Kier molecular flexibility index (Phi) is 9.44. The van der Waals surface area contributed by atoms with Gasteiger partial charge in [0.15, 0.2) is 0 Å². The number of hydrogen-bond acceptors (Lipinski definition) is 5. The van der Waals surface area contributed by atoms with Gasteiger partial charge in [0.25, 0.3) is 20.2 Å². The van der Waals surface area contributed by atoms with Crippen molar-refractivity contribution >= 4 is 43.5 Å². The number of hydrogen-bond donors (Lipinski definition) is 3. The molecule has 0 spiro atoms. The quantitative estimate of drug-likeness (QED) is 0.247. The van der Waals surface area contributed by atoms with Gasteiger partial charge in [0.2, 0.25) is 5.96 Å². The van der Waals surface area contributed by atoms with Crippen LogP contribution < -0.4 is 15.2 Å². The van der Waals surface area contributed by atoms with Crippen LogP contribution in [0.2, 0.25) is 5.02 Å². The van der Waals surface area contributed by atoms with E-state index in [1.807, 2.05) is 30.3 Å². The van der Waals surface area contributed by atoms with Gasteiger partial charge < -0.3 is 5.32 Å². The summed E-state index contributed by atoms with van der Waals surface area (Å²) in [5, 5.41) is 14.7. The highest BCUT2D eigenvalue weighted by Crippen LogP contribution is 2.29. The molecule has 218 valence electrons. The monoisotopic (exact) mass is 620 g/mol. The van der Waals surface area contributed by atoms with Crippen LogP contribution in [0.4, 0.5) is 4.39 Å². The summed E-state index contributed by atoms with van der Waals surface area (Å²) in [6.07, 6.45) is 0. The fourth-order valence-corrected chi connectivity index (χ4v) is 6.11. The summed E-state index contributed by atoms with van der Waals surface area (Å²) < 4.78 is 70.3. The van der Waals surface area contributed by atoms with Crippen LogP contribution in [-0.4, -0.2) is 52.6 Å². The molecule has 1 aliphatic rings. The van der Waals surface area contributed by atoms with E-state index in [1.165, 1.54) is 41.4 Å². The molecule has 4 rings (SSSR count). The van der Waals surface area contributed by atoms with Gasteiger partial charge in [-0.1, -0.05) is 67.9 Å². The van der Waals surface area contributed by atoms with Crippen molar-refractivity contribution in [3.8, 4) is 0 Å². The molecule has 0 saturated carbocycles. The van der Waals surface area contributed by atoms with Gasteiger partial charge in [0.05, 0.1) is 17.2 Å². The summed E-state index contributed by atoms with van der Waals surface area (Å²) in [5.74, 6) is -1.04. The van der Waals surface area contributed by atoms with Crippen molar-refractivity contribution in [3.05, 3.63) is 101 Å². The number of guanidine groups is 1. The highest BCUT2D eigenvalue weighted by molar-refractivity contribution is 7.90. The molecule has 0 unspecified atom stereocenters. The second-order valence-electron chi connectivity index (χ2n) is 9.78. The van der Waals surface area contributed by atoms with E-state index < -0.39 is 32.1 Å². The third-order valence-electron chi connectivity index (χ3n) is 6.42. The fraction of sp³-hybridized carbons (Fsp3) is 0.259. The average molecular weight is 621 g/mol.